The van der Waals surface area contributed by atoms with E-state index in [1.165, 1.54) is 17.5 Å². The van der Waals surface area contributed by atoms with Crippen LogP contribution < -0.4 is 10.1 Å². The van der Waals surface area contributed by atoms with Gasteiger partial charge in [-0.1, -0.05) is 24.3 Å². The zero-order valence-electron chi connectivity index (χ0n) is 11.8. The largest absolute Gasteiger partial charge is 0.485 e. The highest BCUT2D eigenvalue weighted by molar-refractivity contribution is 5.35. The molecule has 0 fully saturated rings. The molecule has 0 aliphatic heterocycles. The van der Waals surface area contributed by atoms with Crippen LogP contribution in [-0.4, -0.2) is 12.0 Å². The third-order valence-corrected chi connectivity index (χ3v) is 3.81. The minimum Gasteiger partial charge on any atom is -0.485 e. The van der Waals surface area contributed by atoms with Gasteiger partial charge in [-0.25, -0.2) is 0 Å². The monoisotopic (exact) mass is 268 g/mol. The molecule has 3 nitrogen and oxygen atoms in total. The first kappa shape index (κ1) is 13.1. The van der Waals surface area contributed by atoms with Crippen molar-refractivity contribution in [3.05, 3.63) is 59.4 Å². The predicted molar refractivity (Wildman–Crippen MR) is 79.7 cm³/mol. The van der Waals surface area contributed by atoms with Crippen LogP contribution in [0.3, 0.4) is 0 Å². The van der Waals surface area contributed by atoms with Crippen LogP contribution in [0.5, 0.6) is 5.75 Å². The van der Waals surface area contributed by atoms with Crippen molar-refractivity contribution < 1.29 is 4.74 Å². The molecule has 2 aromatic rings. The van der Waals surface area contributed by atoms with E-state index in [0.717, 1.165) is 30.7 Å². The van der Waals surface area contributed by atoms with E-state index >= 15 is 0 Å². The lowest BCUT2D eigenvalue weighted by Crippen LogP contribution is -2.16. The molecule has 1 heterocycles. The topological polar surface area (TPSA) is 34.2 Å². The number of aryl methyl sites for hydroxylation is 1. The Labute approximate surface area is 120 Å². The van der Waals surface area contributed by atoms with Crippen LogP contribution in [0.2, 0.25) is 0 Å². The number of fused-ring (bicyclic) bond motifs is 1. The molecule has 1 aromatic heterocycles. The van der Waals surface area contributed by atoms with E-state index in [1.54, 1.807) is 6.20 Å². The average Bonchev–Trinajstić information content (AvgIpc) is 2.50. The maximum absolute atomic E-state index is 6.29. The van der Waals surface area contributed by atoms with Gasteiger partial charge in [-0.2, -0.15) is 0 Å². The molecule has 3 heteroatoms. The molecule has 0 spiro atoms. The summed E-state index contributed by atoms with van der Waals surface area (Å²) >= 11 is 0. The first-order valence-electron chi connectivity index (χ1n) is 7.20. The van der Waals surface area contributed by atoms with Gasteiger partial charge in [0.2, 0.25) is 0 Å². The van der Waals surface area contributed by atoms with Crippen LogP contribution in [0.4, 0.5) is 0 Å². The molecule has 0 bridgehead atoms. The van der Waals surface area contributed by atoms with Crippen molar-refractivity contribution in [3.63, 3.8) is 0 Å². The van der Waals surface area contributed by atoms with Crippen molar-refractivity contribution in [1.29, 1.82) is 0 Å². The Morgan fingerprint density at radius 3 is 3.10 bits per heavy atom. The molecule has 1 aromatic carbocycles. The summed E-state index contributed by atoms with van der Waals surface area (Å²) in [5.74, 6) is 0.941. The standard InChI is InChI=1S/C17H20N2O/c1-18-11-14-12-19-10-9-16(14)20-17-8-4-6-13-5-2-3-7-15(13)17/h2-3,5,7,9-10,12,17-18H,4,6,8,11H2,1H3. The van der Waals surface area contributed by atoms with Crippen molar-refractivity contribution >= 4 is 0 Å². The minimum atomic E-state index is 0.165. The Bertz CT molecular complexity index is 583. The Morgan fingerprint density at radius 2 is 2.20 bits per heavy atom. The summed E-state index contributed by atoms with van der Waals surface area (Å²) in [6.45, 7) is 0.775. The smallest absolute Gasteiger partial charge is 0.127 e. The van der Waals surface area contributed by atoms with Gasteiger partial charge in [0, 0.05) is 24.5 Å². The van der Waals surface area contributed by atoms with Crippen LogP contribution in [0.15, 0.2) is 42.7 Å². The molecule has 1 N–H and O–H groups in total. The van der Waals surface area contributed by atoms with Crippen LogP contribution in [0.1, 0.15) is 35.6 Å². The fourth-order valence-corrected chi connectivity index (χ4v) is 2.84. The first-order valence-corrected chi connectivity index (χ1v) is 7.20. The number of nitrogens with one attached hydrogen (secondary N) is 1. The van der Waals surface area contributed by atoms with Gasteiger partial charge in [-0.3, -0.25) is 4.98 Å². The summed E-state index contributed by atoms with van der Waals surface area (Å²) in [6.07, 6.45) is 7.27. The van der Waals surface area contributed by atoms with Gasteiger partial charge in [0.15, 0.2) is 0 Å². The van der Waals surface area contributed by atoms with E-state index < -0.39 is 0 Å². The Morgan fingerprint density at radius 1 is 1.30 bits per heavy atom. The third kappa shape index (κ3) is 2.68. The second kappa shape index (κ2) is 6.06. The van der Waals surface area contributed by atoms with Gasteiger partial charge >= 0.3 is 0 Å². The molecule has 1 unspecified atom stereocenters. The fourth-order valence-electron chi connectivity index (χ4n) is 2.84. The molecular weight excluding hydrogens is 248 g/mol. The SMILES string of the molecule is CNCc1cnccc1OC1CCCc2ccccc21. The molecule has 104 valence electrons. The predicted octanol–water partition coefficient (Wildman–Crippen LogP) is 3.26. The zero-order chi connectivity index (χ0) is 13.8. The lowest BCUT2D eigenvalue weighted by molar-refractivity contribution is 0.181. The maximum atomic E-state index is 6.29. The molecule has 1 aliphatic carbocycles. The number of hydrogen-bond donors (Lipinski definition) is 1. The van der Waals surface area contributed by atoms with Crippen molar-refractivity contribution in [3.8, 4) is 5.75 Å². The summed E-state index contributed by atoms with van der Waals surface area (Å²) in [5, 5.41) is 3.16. The van der Waals surface area contributed by atoms with E-state index in [-0.39, 0.29) is 6.10 Å². The summed E-state index contributed by atoms with van der Waals surface area (Å²) in [7, 11) is 1.94. The van der Waals surface area contributed by atoms with Crippen molar-refractivity contribution in [1.82, 2.24) is 10.3 Å². The molecule has 20 heavy (non-hydrogen) atoms. The molecule has 0 amide bonds. The Hall–Kier alpha value is -1.87. The summed E-state index contributed by atoms with van der Waals surface area (Å²) < 4.78 is 6.29. The molecule has 0 saturated carbocycles. The minimum absolute atomic E-state index is 0.165. The quantitative estimate of drug-likeness (QED) is 0.924. The Kier molecular flexibility index (Phi) is 3.97. The van der Waals surface area contributed by atoms with E-state index in [1.807, 2.05) is 19.3 Å². The van der Waals surface area contributed by atoms with E-state index in [2.05, 4.69) is 34.6 Å². The van der Waals surface area contributed by atoms with Gasteiger partial charge < -0.3 is 10.1 Å². The summed E-state index contributed by atoms with van der Waals surface area (Å²) in [5.41, 5.74) is 3.87. The van der Waals surface area contributed by atoms with E-state index in [9.17, 15) is 0 Å². The van der Waals surface area contributed by atoms with Crippen molar-refractivity contribution in [2.75, 3.05) is 7.05 Å². The maximum Gasteiger partial charge on any atom is 0.127 e. The number of benzene rings is 1. The molecule has 3 rings (SSSR count). The third-order valence-electron chi connectivity index (χ3n) is 3.81. The van der Waals surface area contributed by atoms with Crippen LogP contribution in [0.25, 0.3) is 0 Å². The molecule has 0 saturated heterocycles. The summed E-state index contributed by atoms with van der Waals surface area (Å²) in [4.78, 5) is 4.18. The number of aromatic nitrogens is 1. The molecule has 1 atom stereocenters. The number of pyridine rings is 1. The number of hydrogen-bond acceptors (Lipinski definition) is 3. The van der Waals surface area contributed by atoms with E-state index in [4.69, 9.17) is 4.74 Å². The second-order valence-electron chi connectivity index (χ2n) is 5.21. The zero-order valence-corrected chi connectivity index (χ0v) is 11.8. The molecule has 1 aliphatic rings. The number of rotatable bonds is 4. The highest BCUT2D eigenvalue weighted by Gasteiger charge is 2.21. The van der Waals surface area contributed by atoms with Crippen molar-refractivity contribution in [2.45, 2.75) is 31.9 Å². The fraction of sp³-hybridized carbons (Fsp3) is 0.353. The molecule has 0 radical (unpaired) electrons. The van der Waals surface area contributed by atoms with Gasteiger partial charge in [-0.05, 0) is 43.5 Å². The van der Waals surface area contributed by atoms with Crippen LogP contribution in [-0.2, 0) is 13.0 Å². The summed E-state index contributed by atoms with van der Waals surface area (Å²) in [6, 6.07) is 10.6. The van der Waals surface area contributed by atoms with Gasteiger partial charge in [0.1, 0.15) is 11.9 Å². The van der Waals surface area contributed by atoms with Gasteiger partial charge in [-0.15, -0.1) is 0 Å². The molecular formula is C17H20N2O. The van der Waals surface area contributed by atoms with Crippen LogP contribution in [0, 0.1) is 0 Å². The highest BCUT2D eigenvalue weighted by atomic mass is 16.5. The van der Waals surface area contributed by atoms with E-state index in [0.29, 0.717) is 0 Å². The van der Waals surface area contributed by atoms with Gasteiger partial charge in [0.25, 0.3) is 0 Å². The number of nitrogens with zero attached hydrogens (tertiary/aromatic N) is 1. The van der Waals surface area contributed by atoms with Gasteiger partial charge in [0.05, 0.1) is 0 Å². The average molecular weight is 268 g/mol. The second-order valence-corrected chi connectivity index (χ2v) is 5.21. The number of ether oxygens (including phenoxy) is 1. The van der Waals surface area contributed by atoms with Crippen LogP contribution >= 0.6 is 0 Å². The lowest BCUT2D eigenvalue weighted by atomic mass is 9.89. The van der Waals surface area contributed by atoms with Crippen molar-refractivity contribution in [2.24, 2.45) is 0 Å². The normalized spacial score (nSPS) is 17.6. The highest BCUT2D eigenvalue weighted by Crippen LogP contribution is 2.34. The Balaban J connectivity index is 1.86. The first-order chi connectivity index (χ1) is 9.88. The lowest BCUT2D eigenvalue weighted by Gasteiger charge is -2.27.